The van der Waals surface area contributed by atoms with E-state index >= 15 is 0 Å². The van der Waals surface area contributed by atoms with Crippen LogP contribution in [0.25, 0.3) is 97.3 Å². The molecule has 0 aliphatic heterocycles. The van der Waals surface area contributed by atoms with Gasteiger partial charge in [0, 0.05) is 26.9 Å². The Labute approximate surface area is 298 Å². The summed E-state index contributed by atoms with van der Waals surface area (Å²) < 4.78 is 6.78. The minimum Gasteiger partial charge on any atom is -0.454 e. The molecule has 0 spiro atoms. The van der Waals surface area contributed by atoms with Crippen molar-refractivity contribution in [2.45, 2.75) is 0 Å². The number of furan rings is 1. The number of para-hydroxylation sites is 2. The van der Waals surface area contributed by atoms with E-state index in [0.717, 1.165) is 39.0 Å². The van der Waals surface area contributed by atoms with Crippen LogP contribution in [0.15, 0.2) is 180 Å². The van der Waals surface area contributed by atoms with Crippen molar-refractivity contribution in [2.24, 2.45) is 0 Å². The third kappa shape index (κ3) is 3.68. The maximum atomic E-state index is 6.78. The zero-order valence-electron chi connectivity index (χ0n) is 28.1. The molecule has 0 atom stereocenters. The first kappa shape index (κ1) is 27.9. The normalized spacial score (nSPS) is 12.2. The summed E-state index contributed by atoms with van der Waals surface area (Å²) >= 11 is 0. The van der Waals surface area contributed by atoms with Gasteiger partial charge in [0.2, 0.25) is 0 Å². The monoisotopic (exact) mass is 659 g/mol. The molecule has 1 heterocycles. The fourth-order valence-electron chi connectivity index (χ4n) is 9.17. The summed E-state index contributed by atoms with van der Waals surface area (Å²) in [5, 5.41) is 19.8. The molecule has 2 heteroatoms. The molecule has 0 unspecified atom stereocenters. The molecule has 0 saturated heterocycles. The highest BCUT2D eigenvalue weighted by atomic mass is 16.3. The molecule has 0 aliphatic rings. The van der Waals surface area contributed by atoms with Gasteiger partial charge in [0.1, 0.15) is 5.58 Å². The largest absolute Gasteiger partial charge is 0.454 e. The van der Waals surface area contributed by atoms with Crippen molar-refractivity contribution in [3.63, 3.8) is 0 Å². The Balaban J connectivity index is 1.32. The maximum absolute atomic E-state index is 6.78. The number of hydrogen-bond donors (Lipinski definition) is 0. The maximum Gasteiger partial charge on any atom is 0.159 e. The first-order chi connectivity index (χ1) is 25.8. The van der Waals surface area contributed by atoms with Crippen molar-refractivity contribution < 1.29 is 4.42 Å². The van der Waals surface area contributed by atoms with E-state index in [9.17, 15) is 0 Å². The Morgan fingerprint density at radius 1 is 0.288 bits per heavy atom. The summed E-state index contributed by atoms with van der Waals surface area (Å²) in [5.41, 5.74) is 5.00. The van der Waals surface area contributed by atoms with E-state index in [1.165, 1.54) is 75.4 Å². The van der Waals surface area contributed by atoms with Crippen molar-refractivity contribution in [3.8, 4) is 0 Å². The predicted molar refractivity (Wildman–Crippen MR) is 222 cm³/mol. The van der Waals surface area contributed by atoms with E-state index in [1.807, 2.05) is 6.07 Å². The lowest BCUT2D eigenvalue weighted by atomic mass is 9.87. The first-order valence-electron chi connectivity index (χ1n) is 17.9. The number of rotatable bonds is 3. The van der Waals surface area contributed by atoms with Crippen molar-refractivity contribution in [1.82, 2.24) is 0 Å². The van der Waals surface area contributed by atoms with Crippen molar-refractivity contribution in [1.29, 1.82) is 0 Å². The third-order valence-corrected chi connectivity index (χ3v) is 11.3. The Morgan fingerprint density at radius 2 is 0.769 bits per heavy atom. The van der Waals surface area contributed by atoms with E-state index in [1.54, 1.807) is 0 Å². The summed E-state index contributed by atoms with van der Waals surface area (Å²) in [5.74, 6) is 0. The van der Waals surface area contributed by atoms with Crippen LogP contribution in [0.4, 0.5) is 17.1 Å². The highest BCUT2D eigenvalue weighted by molar-refractivity contribution is 6.38. The van der Waals surface area contributed by atoms with Gasteiger partial charge in [0.25, 0.3) is 0 Å². The molecule has 0 bridgehead atoms. The third-order valence-electron chi connectivity index (χ3n) is 11.3. The van der Waals surface area contributed by atoms with E-state index in [4.69, 9.17) is 4.42 Å². The van der Waals surface area contributed by atoms with Crippen LogP contribution in [0.1, 0.15) is 0 Å². The van der Waals surface area contributed by atoms with E-state index < -0.39 is 0 Å². The van der Waals surface area contributed by atoms with Gasteiger partial charge in [-0.25, -0.2) is 0 Å². The molecular formula is C50H29NO. The Morgan fingerprint density at radius 3 is 1.54 bits per heavy atom. The zero-order chi connectivity index (χ0) is 33.9. The van der Waals surface area contributed by atoms with Gasteiger partial charge < -0.3 is 9.32 Å². The van der Waals surface area contributed by atoms with Crippen molar-refractivity contribution in [2.75, 3.05) is 4.90 Å². The lowest BCUT2D eigenvalue weighted by molar-refractivity contribution is 0.669. The van der Waals surface area contributed by atoms with Crippen LogP contribution in [0.5, 0.6) is 0 Å². The molecule has 0 fully saturated rings. The lowest BCUT2D eigenvalue weighted by Crippen LogP contribution is -2.11. The Hall–Kier alpha value is -6.90. The Bertz CT molecular complexity index is 3420. The van der Waals surface area contributed by atoms with Gasteiger partial charge in [0.15, 0.2) is 5.58 Å². The topological polar surface area (TPSA) is 16.4 Å². The molecule has 11 aromatic carbocycles. The second-order valence-electron chi connectivity index (χ2n) is 14.0. The highest BCUT2D eigenvalue weighted by Gasteiger charge is 2.25. The minimum absolute atomic E-state index is 0.876. The first-order valence-corrected chi connectivity index (χ1v) is 17.9. The average Bonchev–Trinajstić information content (AvgIpc) is 3.59. The van der Waals surface area contributed by atoms with Gasteiger partial charge in [-0.05, 0) is 83.5 Å². The molecule has 0 saturated carbocycles. The zero-order valence-corrected chi connectivity index (χ0v) is 28.1. The van der Waals surface area contributed by atoms with Crippen LogP contribution in [0.3, 0.4) is 0 Å². The molecule has 0 radical (unpaired) electrons. The summed E-state index contributed by atoms with van der Waals surface area (Å²) in [4.78, 5) is 2.45. The standard InChI is InChI=1S/C50H29NO/c1-2-16-34-30(11-1)12-8-24-42(34)51(43-25-10-22-40-35-17-3-4-26-45(35)52-50(40)43)44-29-33-15-7-20-37-36-18-5-13-31-27-28-32-14-6-19-38(47(32)46(31)36)39-21-9-23-41(44)49(39)48(33)37/h1-29H. The second-order valence-corrected chi connectivity index (χ2v) is 14.0. The van der Waals surface area contributed by atoms with Crippen LogP contribution in [0, 0.1) is 0 Å². The SMILES string of the molecule is c1ccc2c(N(c3cc4cccc5c6cccc7ccc8cccc(c9cccc3c9c45)c8c76)c3cccc4c3oc3ccccc34)cccc2c1. The Kier molecular flexibility index (Phi) is 5.53. The van der Waals surface area contributed by atoms with Crippen LogP contribution in [0.2, 0.25) is 0 Å². The number of hydrogen-bond acceptors (Lipinski definition) is 2. The summed E-state index contributed by atoms with van der Waals surface area (Å²) in [6, 6.07) is 64.5. The molecule has 0 aliphatic carbocycles. The number of benzene rings is 10. The van der Waals surface area contributed by atoms with Gasteiger partial charge in [-0.15, -0.1) is 0 Å². The van der Waals surface area contributed by atoms with Gasteiger partial charge in [-0.3, -0.25) is 0 Å². The van der Waals surface area contributed by atoms with Crippen molar-refractivity contribution >= 4 is 114 Å². The van der Waals surface area contributed by atoms with Crippen LogP contribution >= 0.6 is 0 Å². The van der Waals surface area contributed by atoms with Gasteiger partial charge in [-0.2, -0.15) is 0 Å². The van der Waals surface area contributed by atoms with Gasteiger partial charge in [0.05, 0.1) is 17.1 Å². The number of anilines is 3. The molecule has 0 amide bonds. The van der Waals surface area contributed by atoms with E-state index in [0.29, 0.717) is 0 Å². The fraction of sp³-hybridized carbons (Fsp3) is 0. The second kappa shape index (κ2) is 10.3. The number of fused-ring (bicyclic) bond motifs is 6. The van der Waals surface area contributed by atoms with Crippen LogP contribution in [-0.2, 0) is 0 Å². The molecule has 0 N–H and O–H groups in total. The minimum atomic E-state index is 0.876. The van der Waals surface area contributed by atoms with Crippen LogP contribution in [-0.4, -0.2) is 0 Å². The molecule has 12 rings (SSSR count). The molecule has 2 nitrogen and oxygen atoms in total. The van der Waals surface area contributed by atoms with E-state index in [2.05, 4.69) is 175 Å². The predicted octanol–water partition coefficient (Wildman–Crippen LogP) is 14.6. The molecule has 52 heavy (non-hydrogen) atoms. The average molecular weight is 660 g/mol. The fourth-order valence-corrected chi connectivity index (χ4v) is 9.17. The molecular weight excluding hydrogens is 631 g/mol. The summed E-state index contributed by atoms with van der Waals surface area (Å²) in [6.07, 6.45) is 0. The quantitative estimate of drug-likeness (QED) is 0.176. The molecule has 12 aromatic rings. The van der Waals surface area contributed by atoms with Crippen molar-refractivity contribution in [3.05, 3.63) is 176 Å². The molecule has 1 aromatic heterocycles. The summed E-state index contributed by atoms with van der Waals surface area (Å²) in [6.45, 7) is 0. The summed E-state index contributed by atoms with van der Waals surface area (Å²) in [7, 11) is 0. The number of nitrogens with zero attached hydrogens (tertiary/aromatic N) is 1. The van der Waals surface area contributed by atoms with Gasteiger partial charge in [-0.1, -0.05) is 152 Å². The van der Waals surface area contributed by atoms with Crippen LogP contribution < -0.4 is 4.90 Å². The molecule has 240 valence electrons. The lowest BCUT2D eigenvalue weighted by Gasteiger charge is -2.29. The van der Waals surface area contributed by atoms with E-state index in [-0.39, 0.29) is 0 Å². The highest BCUT2D eigenvalue weighted by Crippen LogP contribution is 2.50. The van der Waals surface area contributed by atoms with Gasteiger partial charge >= 0.3 is 0 Å². The smallest absolute Gasteiger partial charge is 0.159 e.